The number of nitrogens with one attached hydrogen (secondary N) is 1. The molecule has 108 valence electrons. The van der Waals surface area contributed by atoms with Crippen LogP contribution in [0.1, 0.15) is 13.3 Å². The van der Waals surface area contributed by atoms with Crippen LogP contribution in [0.25, 0.3) is 22.6 Å². The zero-order chi connectivity index (χ0) is 14.7. The number of aromatic nitrogens is 1. The molecule has 0 bridgehead atoms. The number of hydrogen-bond acceptors (Lipinski definition) is 4. The third-order valence-electron chi connectivity index (χ3n) is 3.44. The largest absolute Gasteiger partial charge is 0.436 e. The molecule has 3 aromatic rings. The molecule has 2 aromatic carbocycles. The first-order valence-electron chi connectivity index (χ1n) is 7.14. The van der Waals surface area contributed by atoms with Crippen LogP contribution in [-0.2, 0) is 0 Å². The topological polar surface area (TPSA) is 58.3 Å². The molecule has 0 aliphatic rings. The first-order chi connectivity index (χ1) is 10.3. The summed E-state index contributed by atoms with van der Waals surface area (Å²) in [7, 11) is 0. The highest BCUT2D eigenvalue weighted by molar-refractivity contribution is 5.76. The molecule has 0 saturated carbocycles. The van der Waals surface area contributed by atoms with Crippen molar-refractivity contribution < 1.29 is 9.52 Å². The first-order valence-corrected chi connectivity index (χ1v) is 7.14. The summed E-state index contributed by atoms with van der Waals surface area (Å²) in [6, 6.07) is 15.6. The van der Waals surface area contributed by atoms with Gasteiger partial charge < -0.3 is 14.8 Å². The number of hydrogen-bond donors (Lipinski definition) is 2. The predicted octanol–water partition coefficient (Wildman–Crippen LogP) is 3.68. The number of fused-ring (bicyclic) bond motifs is 1. The van der Waals surface area contributed by atoms with Gasteiger partial charge in [-0.25, -0.2) is 4.98 Å². The number of oxazole rings is 1. The quantitative estimate of drug-likeness (QED) is 0.749. The zero-order valence-corrected chi connectivity index (χ0v) is 11.9. The second-order valence-electron chi connectivity index (χ2n) is 5.01. The van der Waals surface area contributed by atoms with Crippen molar-refractivity contribution >= 4 is 16.8 Å². The number of aliphatic hydroxyl groups is 1. The Kier molecular flexibility index (Phi) is 3.88. The fourth-order valence-electron chi connectivity index (χ4n) is 2.11. The van der Waals surface area contributed by atoms with E-state index in [-0.39, 0.29) is 6.10 Å². The predicted molar refractivity (Wildman–Crippen MR) is 84.2 cm³/mol. The minimum absolute atomic E-state index is 0.318. The van der Waals surface area contributed by atoms with Gasteiger partial charge in [-0.15, -0.1) is 0 Å². The van der Waals surface area contributed by atoms with E-state index < -0.39 is 0 Å². The molecule has 4 heteroatoms. The maximum atomic E-state index is 9.54. The van der Waals surface area contributed by atoms with Gasteiger partial charge >= 0.3 is 0 Å². The molecule has 0 amide bonds. The first kappa shape index (κ1) is 13.6. The van der Waals surface area contributed by atoms with Gasteiger partial charge in [0.1, 0.15) is 5.52 Å². The number of anilines is 1. The molecule has 1 heterocycles. The van der Waals surface area contributed by atoms with Crippen molar-refractivity contribution in [1.82, 2.24) is 4.98 Å². The fraction of sp³-hybridized carbons (Fsp3) is 0.235. The van der Waals surface area contributed by atoms with Crippen molar-refractivity contribution in [3.05, 3.63) is 48.5 Å². The van der Waals surface area contributed by atoms with Crippen LogP contribution in [0, 0.1) is 0 Å². The highest BCUT2D eigenvalue weighted by Gasteiger charge is 2.07. The normalized spacial score (nSPS) is 12.5. The van der Waals surface area contributed by atoms with Gasteiger partial charge in [0.15, 0.2) is 5.58 Å². The zero-order valence-electron chi connectivity index (χ0n) is 11.9. The van der Waals surface area contributed by atoms with Crippen molar-refractivity contribution in [2.45, 2.75) is 19.4 Å². The average molecular weight is 282 g/mol. The van der Waals surface area contributed by atoms with Gasteiger partial charge in [0.05, 0.1) is 6.10 Å². The van der Waals surface area contributed by atoms with Crippen molar-refractivity contribution in [1.29, 1.82) is 0 Å². The van der Waals surface area contributed by atoms with Crippen LogP contribution < -0.4 is 5.32 Å². The Morgan fingerprint density at radius 2 is 1.90 bits per heavy atom. The summed E-state index contributed by atoms with van der Waals surface area (Å²) in [4.78, 5) is 4.47. The van der Waals surface area contributed by atoms with Gasteiger partial charge in [-0.3, -0.25) is 0 Å². The van der Waals surface area contributed by atoms with Gasteiger partial charge in [0.2, 0.25) is 5.89 Å². The number of nitrogens with zero attached hydrogens (tertiary/aromatic N) is 1. The summed E-state index contributed by atoms with van der Waals surface area (Å²) in [5.74, 6) is 0.622. The van der Waals surface area contributed by atoms with Crippen LogP contribution in [0.2, 0.25) is 0 Å². The third kappa shape index (κ3) is 3.06. The summed E-state index contributed by atoms with van der Waals surface area (Å²) in [5.41, 5.74) is 3.57. The SMILES string of the molecule is CCC(O)CNc1ccc(-c2nc3ccccc3o2)cc1. The van der Waals surface area contributed by atoms with Crippen LogP contribution in [0.5, 0.6) is 0 Å². The Labute approximate surface area is 123 Å². The molecule has 4 nitrogen and oxygen atoms in total. The lowest BCUT2D eigenvalue weighted by Gasteiger charge is -2.10. The smallest absolute Gasteiger partial charge is 0.227 e. The molecule has 2 N–H and O–H groups in total. The van der Waals surface area contributed by atoms with Gasteiger partial charge in [-0.2, -0.15) is 0 Å². The summed E-state index contributed by atoms with van der Waals surface area (Å²) in [6.07, 6.45) is 0.426. The summed E-state index contributed by atoms with van der Waals surface area (Å²) >= 11 is 0. The minimum Gasteiger partial charge on any atom is -0.436 e. The molecular formula is C17H18N2O2. The van der Waals surface area contributed by atoms with E-state index in [2.05, 4.69) is 10.3 Å². The summed E-state index contributed by atoms with van der Waals surface area (Å²) in [5, 5.41) is 12.7. The van der Waals surface area contributed by atoms with E-state index >= 15 is 0 Å². The maximum absolute atomic E-state index is 9.54. The van der Waals surface area contributed by atoms with Crippen LogP contribution in [0.15, 0.2) is 52.9 Å². The van der Waals surface area contributed by atoms with E-state index in [1.54, 1.807) is 0 Å². The lowest BCUT2D eigenvalue weighted by molar-refractivity contribution is 0.183. The van der Waals surface area contributed by atoms with Crippen molar-refractivity contribution in [2.24, 2.45) is 0 Å². The lowest BCUT2D eigenvalue weighted by Crippen LogP contribution is -2.17. The second-order valence-corrected chi connectivity index (χ2v) is 5.01. The number of aliphatic hydroxyl groups excluding tert-OH is 1. The third-order valence-corrected chi connectivity index (χ3v) is 3.44. The molecule has 21 heavy (non-hydrogen) atoms. The van der Waals surface area contributed by atoms with Gasteiger partial charge in [-0.1, -0.05) is 19.1 Å². The van der Waals surface area contributed by atoms with Crippen LogP contribution in [-0.4, -0.2) is 22.7 Å². The Morgan fingerprint density at radius 3 is 2.62 bits per heavy atom. The van der Waals surface area contributed by atoms with Crippen LogP contribution >= 0.6 is 0 Å². The van der Waals surface area contributed by atoms with E-state index in [0.29, 0.717) is 12.4 Å². The molecule has 1 atom stereocenters. The Bertz CT molecular complexity index is 686. The van der Waals surface area contributed by atoms with Crippen molar-refractivity contribution in [2.75, 3.05) is 11.9 Å². The van der Waals surface area contributed by atoms with E-state index in [1.165, 1.54) is 0 Å². The summed E-state index contributed by atoms with van der Waals surface area (Å²) in [6.45, 7) is 2.52. The molecule has 3 rings (SSSR count). The molecule has 1 unspecified atom stereocenters. The Morgan fingerprint density at radius 1 is 1.14 bits per heavy atom. The number of rotatable bonds is 5. The molecule has 0 radical (unpaired) electrons. The highest BCUT2D eigenvalue weighted by Crippen LogP contribution is 2.25. The number of benzene rings is 2. The average Bonchev–Trinajstić information content (AvgIpc) is 2.97. The van der Waals surface area contributed by atoms with E-state index in [4.69, 9.17) is 4.42 Å². The molecule has 0 aliphatic carbocycles. The van der Waals surface area contributed by atoms with Crippen molar-refractivity contribution in [3.63, 3.8) is 0 Å². The standard InChI is InChI=1S/C17H18N2O2/c1-2-14(20)11-18-13-9-7-12(8-10-13)17-19-15-5-3-4-6-16(15)21-17/h3-10,14,18,20H,2,11H2,1H3. The van der Waals surface area contributed by atoms with Gasteiger partial charge in [-0.05, 0) is 42.8 Å². The van der Waals surface area contributed by atoms with E-state index in [1.807, 2.05) is 55.5 Å². The summed E-state index contributed by atoms with van der Waals surface area (Å²) < 4.78 is 5.74. The Hall–Kier alpha value is -2.33. The molecule has 1 aromatic heterocycles. The molecular weight excluding hydrogens is 264 g/mol. The fourth-order valence-corrected chi connectivity index (χ4v) is 2.11. The molecule has 0 saturated heterocycles. The van der Waals surface area contributed by atoms with Crippen molar-refractivity contribution in [3.8, 4) is 11.5 Å². The minimum atomic E-state index is -0.318. The van der Waals surface area contributed by atoms with Crippen LogP contribution in [0.3, 0.4) is 0 Å². The molecule has 0 aliphatic heterocycles. The molecule has 0 spiro atoms. The molecule has 0 fully saturated rings. The lowest BCUT2D eigenvalue weighted by atomic mass is 10.2. The maximum Gasteiger partial charge on any atom is 0.227 e. The van der Waals surface area contributed by atoms with Crippen LogP contribution in [0.4, 0.5) is 5.69 Å². The van der Waals surface area contributed by atoms with E-state index in [0.717, 1.165) is 28.8 Å². The Balaban J connectivity index is 1.77. The highest BCUT2D eigenvalue weighted by atomic mass is 16.3. The van der Waals surface area contributed by atoms with Gasteiger partial charge in [0.25, 0.3) is 0 Å². The number of para-hydroxylation sites is 2. The van der Waals surface area contributed by atoms with E-state index in [9.17, 15) is 5.11 Å². The van der Waals surface area contributed by atoms with Gasteiger partial charge in [0, 0.05) is 17.8 Å². The monoisotopic (exact) mass is 282 g/mol. The second kappa shape index (κ2) is 5.97.